The SMILES string of the molecule is CCN1c2cc(C)c(/C=N/NC(=O)c3cccc(OC)c3)cc2C(C)CC1(C)C. The lowest BCUT2D eigenvalue weighted by Gasteiger charge is -2.47. The number of anilines is 1. The molecule has 3 rings (SSSR count). The summed E-state index contributed by atoms with van der Waals surface area (Å²) in [5, 5.41) is 4.20. The Morgan fingerprint density at radius 2 is 2.10 bits per heavy atom. The molecule has 1 heterocycles. The van der Waals surface area contributed by atoms with Crippen molar-refractivity contribution in [3.63, 3.8) is 0 Å². The van der Waals surface area contributed by atoms with E-state index in [0.29, 0.717) is 17.2 Å². The van der Waals surface area contributed by atoms with Crippen molar-refractivity contribution < 1.29 is 9.53 Å². The predicted octanol–water partition coefficient (Wildman–Crippen LogP) is 4.88. The number of fused-ring (bicyclic) bond motifs is 1. The summed E-state index contributed by atoms with van der Waals surface area (Å²) in [6, 6.07) is 11.5. The van der Waals surface area contributed by atoms with Gasteiger partial charge in [0.25, 0.3) is 5.91 Å². The standard InChI is InChI=1S/C24H31N3O2/c1-7-27-22-11-16(2)19(13-21(22)17(3)14-24(27,4)5)15-25-26-23(28)18-9-8-10-20(12-18)29-6/h8-13,15,17H,7,14H2,1-6H3,(H,26,28)/b25-15+. The minimum Gasteiger partial charge on any atom is -0.497 e. The minimum absolute atomic E-state index is 0.147. The molecule has 1 atom stereocenters. The lowest BCUT2D eigenvalue weighted by Crippen LogP contribution is -2.48. The van der Waals surface area contributed by atoms with Gasteiger partial charge in [-0.2, -0.15) is 5.10 Å². The smallest absolute Gasteiger partial charge is 0.271 e. The van der Waals surface area contributed by atoms with Crippen LogP contribution in [0.5, 0.6) is 5.75 Å². The molecule has 0 aliphatic carbocycles. The summed E-state index contributed by atoms with van der Waals surface area (Å²) in [4.78, 5) is 14.8. The molecule has 0 fully saturated rings. The van der Waals surface area contributed by atoms with Crippen molar-refractivity contribution in [2.45, 2.75) is 52.5 Å². The first-order valence-electron chi connectivity index (χ1n) is 10.2. The van der Waals surface area contributed by atoms with Gasteiger partial charge in [-0.15, -0.1) is 0 Å². The molecule has 0 saturated carbocycles. The fourth-order valence-corrected chi connectivity index (χ4v) is 4.38. The van der Waals surface area contributed by atoms with Crippen LogP contribution >= 0.6 is 0 Å². The lowest BCUT2D eigenvalue weighted by molar-refractivity contribution is 0.0955. The number of rotatable bonds is 5. The van der Waals surface area contributed by atoms with Crippen LogP contribution in [0.1, 0.15) is 67.1 Å². The van der Waals surface area contributed by atoms with Crippen molar-refractivity contribution in [2.75, 3.05) is 18.6 Å². The Morgan fingerprint density at radius 1 is 1.34 bits per heavy atom. The summed E-state index contributed by atoms with van der Waals surface area (Å²) in [6.45, 7) is 12.2. The summed E-state index contributed by atoms with van der Waals surface area (Å²) in [7, 11) is 1.58. The second-order valence-electron chi connectivity index (χ2n) is 8.36. The van der Waals surface area contributed by atoms with Gasteiger partial charge >= 0.3 is 0 Å². The first-order chi connectivity index (χ1) is 13.8. The Kier molecular flexibility index (Phi) is 5.96. The molecule has 0 bridgehead atoms. The quantitative estimate of drug-likeness (QED) is 0.582. The van der Waals surface area contributed by atoms with E-state index >= 15 is 0 Å². The molecule has 1 aliphatic heterocycles. The number of carbonyl (C=O) groups is 1. The first kappa shape index (κ1) is 20.9. The van der Waals surface area contributed by atoms with Gasteiger partial charge in [-0.3, -0.25) is 4.79 Å². The highest BCUT2D eigenvalue weighted by Crippen LogP contribution is 2.43. The molecule has 1 aliphatic rings. The summed E-state index contributed by atoms with van der Waals surface area (Å²) in [5.74, 6) is 0.856. The Hall–Kier alpha value is -2.82. The van der Waals surface area contributed by atoms with Crippen LogP contribution in [-0.4, -0.2) is 31.3 Å². The highest BCUT2D eigenvalue weighted by Gasteiger charge is 2.35. The zero-order valence-corrected chi connectivity index (χ0v) is 18.2. The second-order valence-corrected chi connectivity index (χ2v) is 8.36. The molecule has 0 radical (unpaired) electrons. The fraction of sp³-hybridized carbons (Fsp3) is 0.417. The van der Waals surface area contributed by atoms with Gasteiger partial charge < -0.3 is 9.64 Å². The molecule has 0 saturated heterocycles. The van der Waals surface area contributed by atoms with Crippen LogP contribution in [0.4, 0.5) is 5.69 Å². The number of aryl methyl sites for hydroxylation is 1. The second kappa shape index (κ2) is 8.27. The topological polar surface area (TPSA) is 53.9 Å². The van der Waals surface area contributed by atoms with E-state index in [1.54, 1.807) is 37.6 Å². The van der Waals surface area contributed by atoms with Gasteiger partial charge in [-0.1, -0.05) is 13.0 Å². The molecule has 5 nitrogen and oxygen atoms in total. The van der Waals surface area contributed by atoms with E-state index in [2.05, 4.69) is 62.2 Å². The number of benzene rings is 2. The average molecular weight is 394 g/mol. The Morgan fingerprint density at radius 3 is 2.79 bits per heavy atom. The first-order valence-corrected chi connectivity index (χ1v) is 10.2. The van der Waals surface area contributed by atoms with Gasteiger partial charge in [0, 0.05) is 23.3 Å². The zero-order valence-electron chi connectivity index (χ0n) is 18.2. The van der Waals surface area contributed by atoms with Crippen molar-refractivity contribution in [1.82, 2.24) is 5.43 Å². The number of amides is 1. The maximum absolute atomic E-state index is 12.3. The molecule has 2 aromatic rings. The molecular formula is C24H31N3O2. The van der Waals surface area contributed by atoms with Gasteiger partial charge in [0.1, 0.15) is 5.75 Å². The van der Waals surface area contributed by atoms with Gasteiger partial charge in [0.15, 0.2) is 0 Å². The monoisotopic (exact) mass is 393 g/mol. The number of hydrazone groups is 1. The molecular weight excluding hydrogens is 362 g/mol. The molecule has 154 valence electrons. The Balaban J connectivity index is 1.82. The van der Waals surface area contributed by atoms with Gasteiger partial charge in [-0.25, -0.2) is 5.43 Å². The summed E-state index contributed by atoms with van der Waals surface area (Å²) in [5.41, 5.74) is 8.10. The molecule has 5 heteroatoms. The summed E-state index contributed by atoms with van der Waals surface area (Å²) >= 11 is 0. The minimum atomic E-state index is -0.261. The third-order valence-electron chi connectivity index (χ3n) is 5.79. The fourth-order valence-electron chi connectivity index (χ4n) is 4.38. The number of ether oxygens (including phenoxy) is 1. The molecule has 0 spiro atoms. The Bertz CT molecular complexity index is 934. The van der Waals surface area contributed by atoms with Crippen LogP contribution in [0.25, 0.3) is 0 Å². The van der Waals surface area contributed by atoms with E-state index in [1.807, 2.05) is 0 Å². The number of nitrogens with one attached hydrogen (secondary N) is 1. The van der Waals surface area contributed by atoms with Crippen molar-refractivity contribution >= 4 is 17.8 Å². The van der Waals surface area contributed by atoms with E-state index in [4.69, 9.17) is 4.74 Å². The van der Waals surface area contributed by atoms with E-state index < -0.39 is 0 Å². The van der Waals surface area contributed by atoms with Crippen molar-refractivity contribution in [2.24, 2.45) is 5.10 Å². The average Bonchev–Trinajstić information content (AvgIpc) is 2.68. The van der Waals surface area contributed by atoms with Crippen molar-refractivity contribution in [1.29, 1.82) is 0 Å². The van der Waals surface area contributed by atoms with Crippen LogP contribution in [-0.2, 0) is 0 Å². The molecule has 29 heavy (non-hydrogen) atoms. The number of carbonyl (C=O) groups excluding carboxylic acids is 1. The molecule has 1 amide bonds. The highest BCUT2D eigenvalue weighted by molar-refractivity contribution is 5.95. The summed E-state index contributed by atoms with van der Waals surface area (Å²) in [6.07, 6.45) is 2.84. The highest BCUT2D eigenvalue weighted by atomic mass is 16.5. The zero-order chi connectivity index (χ0) is 21.2. The largest absolute Gasteiger partial charge is 0.497 e. The van der Waals surface area contributed by atoms with Crippen LogP contribution in [0.15, 0.2) is 41.5 Å². The van der Waals surface area contributed by atoms with Crippen molar-refractivity contribution in [3.05, 3.63) is 58.7 Å². The van der Waals surface area contributed by atoms with E-state index in [0.717, 1.165) is 24.1 Å². The van der Waals surface area contributed by atoms with E-state index in [1.165, 1.54) is 11.3 Å². The maximum Gasteiger partial charge on any atom is 0.271 e. The third kappa shape index (κ3) is 4.29. The van der Waals surface area contributed by atoms with Gasteiger partial charge in [-0.05, 0) is 87.1 Å². The third-order valence-corrected chi connectivity index (χ3v) is 5.79. The summed E-state index contributed by atoms with van der Waals surface area (Å²) < 4.78 is 5.17. The molecule has 2 aromatic carbocycles. The lowest BCUT2D eigenvalue weighted by atomic mass is 9.79. The van der Waals surface area contributed by atoms with E-state index in [-0.39, 0.29) is 11.4 Å². The normalized spacial score (nSPS) is 17.9. The predicted molar refractivity (Wildman–Crippen MR) is 119 cm³/mol. The number of nitrogens with zero attached hydrogens (tertiary/aromatic N) is 2. The molecule has 1 unspecified atom stereocenters. The number of hydrogen-bond donors (Lipinski definition) is 1. The van der Waals surface area contributed by atoms with Gasteiger partial charge in [0.05, 0.1) is 13.3 Å². The Labute approximate surface area is 173 Å². The van der Waals surface area contributed by atoms with Crippen LogP contribution in [0, 0.1) is 6.92 Å². The maximum atomic E-state index is 12.3. The van der Waals surface area contributed by atoms with Crippen molar-refractivity contribution in [3.8, 4) is 5.75 Å². The van der Waals surface area contributed by atoms with Crippen LogP contribution in [0.2, 0.25) is 0 Å². The van der Waals surface area contributed by atoms with Crippen LogP contribution in [0.3, 0.4) is 0 Å². The molecule has 0 aromatic heterocycles. The number of methoxy groups -OCH3 is 1. The van der Waals surface area contributed by atoms with Crippen LogP contribution < -0.4 is 15.1 Å². The van der Waals surface area contributed by atoms with E-state index in [9.17, 15) is 4.79 Å². The molecule has 1 N–H and O–H groups in total. The number of hydrogen-bond acceptors (Lipinski definition) is 4. The van der Waals surface area contributed by atoms with Gasteiger partial charge in [0.2, 0.25) is 0 Å².